The van der Waals surface area contributed by atoms with E-state index in [2.05, 4.69) is 53.1 Å². The molecule has 7 aromatic rings. The van der Waals surface area contributed by atoms with E-state index in [0.717, 1.165) is 72.7 Å². The lowest BCUT2D eigenvalue weighted by molar-refractivity contribution is 1.11. The number of fused-ring (bicyclic) bond motifs is 2. The van der Waals surface area contributed by atoms with Crippen LogP contribution in [-0.2, 0) is 0 Å². The SMILES string of the molecule is C=C(Nc1cncc(-c2cc3c(-c4cc5c(-c6ccccn6)cncc5[nH]4)n[nH]c3cn2)c1)c1ccccc1. The van der Waals surface area contributed by atoms with Gasteiger partial charge in [-0.15, -0.1) is 0 Å². The first-order valence-corrected chi connectivity index (χ1v) is 12.4. The minimum atomic E-state index is 0.790. The number of anilines is 1. The largest absolute Gasteiger partial charge is 0.354 e. The Morgan fingerprint density at radius 2 is 1.62 bits per heavy atom. The molecule has 8 nitrogen and oxygen atoms in total. The summed E-state index contributed by atoms with van der Waals surface area (Å²) in [4.78, 5) is 21.5. The number of nitrogens with one attached hydrogen (secondary N) is 3. The van der Waals surface area contributed by atoms with Gasteiger partial charge in [-0.3, -0.25) is 25.0 Å². The lowest BCUT2D eigenvalue weighted by Gasteiger charge is -2.10. The molecule has 0 saturated heterocycles. The predicted molar refractivity (Wildman–Crippen MR) is 155 cm³/mol. The van der Waals surface area contributed by atoms with Gasteiger partial charge in [0.15, 0.2) is 0 Å². The highest BCUT2D eigenvalue weighted by atomic mass is 15.1. The van der Waals surface area contributed by atoms with Gasteiger partial charge in [0.05, 0.1) is 52.4 Å². The summed E-state index contributed by atoms with van der Waals surface area (Å²) in [6.07, 6.45) is 10.8. The molecule has 0 atom stereocenters. The summed E-state index contributed by atoms with van der Waals surface area (Å²) in [7, 11) is 0. The molecule has 0 spiro atoms. The van der Waals surface area contributed by atoms with Crippen LogP contribution in [0.15, 0.2) is 110 Å². The first-order chi connectivity index (χ1) is 19.2. The van der Waals surface area contributed by atoms with Crippen molar-refractivity contribution in [1.82, 2.24) is 35.1 Å². The van der Waals surface area contributed by atoms with Crippen molar-refractivity contribution >= 4 is 33.2 Å². The van der Waals surface area contributed by atoms with Crippen LogP contribution in [-0.4, -0.2) is 35.1 Å². The first kappa shape index (κ1) is 22.6. The van der Waals surface area contributed by atoms with Crippen molar-refractivity contribution in [2.75, 3.05) is 5.32 Å². The lowest BCUT2D eigenvalue weighted by atomic mass is 10.1. The van der Waals surface area contributed by atoms with Crippen molar-refractivity contribution < 1.29 is 0 Å². The third-order valence-corrected chi connectivity index (χ3v) is 6.64. The van der Waals surface area contributed by atoms with Gasteiger partial charge in [0, 0.05) is 46.2 Å². The van der Waals surface area contributed by atoms with Crippen molar-refractivity contribution in [3.8, 4) is 33.9 Å². The summed E-state index contributed by atoms with van der Waals surface area (Å²) >= 11 is 0. The Labute approximate surface area is 223 Å². The van der Waals surface area contributed by atoms with E-state index < -0.39 is 0 Å². The Morgan fingerprint density at radius 1 is 0.744 bits per heavy atom. The lowest BCUT2D eigenvalue weighted by Crippen LogP contribution is -1.98. The predicted octanol–water partition coefficient (Wildman–Crippen LogP) is 6.71. The van der Waals surface area contributed by atoms with E-state index >= 15 is 0 Å². The van der Waals surface area contributed by atoms with Gasteiger partial charge in [-0.05, 0) is 35.9 Å². The average Bonchev–Trinajstić information content (AvgIpc) is 3.62. The molecule has 7 rings (SSSR count). The number of H-pyrrole nitrogens is 2. The summed E-state index contributed by atoms with van der Waals surface area (Å²) in [6, 6.07) is 22.0. The van der Waals surface area contributed by atoms with Gasteiger partial charge < -0.3 is 10.3 Å². The van der Waals surface area contributed by atoms with Crippen molar-refractivity contribution in [3.05, 3.63) is 116 Å². The van der Waals surface area contributed by atoms with Crippen molar-refractivity contribution in [2.24, 2.45) is 0 Å². The van der Waals surface area contributed by atoms with E-state index in [4.69, 9.17) is 0 Å². The van der Waals surface area contributed by atoms with Gasteiger partial charge >= 0.3 is 0 Å². The van der Waals surface area contributed by atoms with Crippen molar-refractivity contribution in [3.63, 3.8) is 0 Å². The summed E-state index contributed by atoms with van der Waals surface area (Å²) in [5.41, 5.74) is 9.60. The van der Waals surface area contributed by atoms with E-state index in [-0.39, 0.29) is 0 Å². The molecule has 0 unspecified atom stereocenters. The second kappa shape index (κ2) is 9.35. The van der Waals surface area contributed by atoms with Crippen LogP contribution < -0.4 is 5.32 Å². The highest BCUT2D eigenvalue weighted by Gasteiger charge is 2.15. The smallest absolute Gasteiger partial charge is 0.116 e. The molecule has 0 aliphatic rings. The minimum absolute atomic E-state index is 0.790. The Morgan fingerprint density at radius 3 is 2.49 bits per heavy atom. The van der Waals surface area contributed by atoms with Gasteiger partial charge in [-0.1, -0.05) is 43.0 Å². The van der Waals surface area contributed by atoms with E-state index in [0.29, 0.717) is 0 Å². The maximum atomic E-state index is 4.67. The molecule has 8 heteroatoms. The fourth-order valence-electron chi connectivity index (χ4n) is 4.72. The van der Waals surface area contributed by atoms with Crippen molar-refractivity contribution in [1.29, 1.82) is 0 Å². The Balaban J connectivity index is 1.25. The van der Waals surface area contributed by atoms with Crippen LogP contribution in [0.2, 0.25) is 0 Å². The molecule has 0 amide bonds. The Bertz CT molecular complexity index is 1960. The molecule has 39 heavy (non-hydrogen) atoms. The zero-order valence-corrected chi connectivity index (χ0v) is 20.8. The number of nitrogens with zero attached hydrogens (tertiary/aromatic N) is 5. The number of rotatable bonds is 6. The first-order valence-electron chi connectivity index (χ1n) is 12.4. The average molecular weight is 507 g/mol. The Kier molecular flexibility index (Phi) is 5.41. The normalized spacial score (nSPS) is 11.2. The molecule has 0 saturated carbocycles. The van der Waals surface area contributed by atoms with E-state index in [1.54, 1.807) is 24.8 Å². The van der Waals surface area contributed by atoms with Crippen LogP contribution in [0.5, 0.6) is 0 Å². The molecule has 6 heterocycles. The fraction of sp³-hybridized carbons (Fsp3) is 0. The molecular formula is C31H22N8. The third kappa shape index (κ3) is 4.19. The molecule has 0 bridgehead atoms. The summed E-state index contributed by atoms with van der Waals surface area (Å²) in [5, 5.41) is 13.1. The van der Waals surface area contributed by atoms with Crippen LogP contribution in [0.1, 0.15) is 5.56 Å². The number of hydrogen-bond donors (Lipinski definition) is 3. The molecular weight excluding hydrogens is 484 g/mol. The van der Waals surface area contributed by atoms with Crippen LogP contribution in [0, 0.1) is 0 Å². The number of aromatic amines is 2. The quantitative estimate of drug-likeness (QED) is 0.231. The molecule has 186 valence electrons. The zero-order chi connectivity index (χ0) is 26.2. The molecule has 0 aliphatic heterocycles. The second-order valence-corrected chi connectivity index (χ2v) is 9.17. The van der Waals surface area contributed by atoms with E-state index in [1.807, 2.05) is 73.1 Å². The summed E-state index contributed by atoms with van der Waals surface area (Å²) in [6.45, 7) is 4.17. The van der Waals surface area contributed by atoms with Gasteiger partial charge in [0.2, 0.25) is 0 Å². The molecule has 3 N–H and O–H groups in total. The maximum absolute atomic E-state index is 4.67. The third-order valence-electron chi connectivity index (χ3n) is 6.64. The van der Waals surface area contributed by atoms with Gasteiger partial charge in [-0.2, -0.15) is 5.10 Å². The molecule has 0 fully saturated rings. The molecule has 6 aromatic heterocycles. The second-order valence-electron chi connectivity index (χ2n) is 9.17. The Hall–Kier alpha value is -5.63. The molecule has 1 aromatic carbocycles. The standard InChI is InChI=1S/C31H22N8/c1-19(20-7-3-2-4-8-20)36-22-11-21(14-32-15-22)27-13-24-30(18-35-27)38-39-31(24)28-12-23-25(16-33-17-29(23)37-28)26-9-5-6-10-34-26/h2-18,36-37H,1H2,(H,38,39). The minimum Gasteiger partial charge on any atom is -0.354 e. The number of aromatic nitrogens is 7. The monoisotopic (exact) mass is 506 g/mol. The van der Waals surface area contributed by atoms with Crippen LogP contribution in [0.3, 0.4) is 0 Å². The maximum Gasteiger partial charge on any atom is 0.116 e. The van der Waals surface area contributed by atoms with Crippen LogP contribution in [0.25, 0.3) is 61.4 Å². The summed E-state index contributed by atoms with van der Waals surface area (Å²) in [5.74, 6) is 0. The number of benzene rings is 1. The van der Waals surface area contributed by atoms with E-state index in [1.165, 1.54) is 0 Å². The van der Waals surface area contributed by atoms with Crippen LogP contribution in [0.4, 0.5) is 5.69 Å². The van der Waals surface area contributed by atoms with Crippen molar-refractivity contribution in [2.45, 2.75) is 0 Å². The number of pyridine rings is 4. The van der Waals surface area contributed by atoms with Crippen LogP contribution >= 0.6 is 0 Å². The molecule has 0 aliphatic carbocycles. The summed E-state index contributed by atoms with van der Waals surface area (Å²) < 4.78 is 0. The highest BCUT2D eigenvalue weighted by Crippen LogP contribution is 2.34. The van der Waals surface area contributed by atoms with Gasteiger partial charge in [0.25, 0.3) is 0 Å². The zero-order valence-electron chi connectivity index (χ0n) is 20.8. The highest BCUT2D eigenvalue weighted by molar-refractivity contribution is 6.00. The topological polar surface area (TPSA) is 108 Å². The number of hydrogen-bond acceptors (Lipinski definition) is 6. The van der Waals surface area contributed by atoms with Gasteiger partial charge in [-0.25, -0.2) is 0 Å². The van der Waals surface area contributed by atoms with Gasteiger partial charge in [0.1, 0.15) is 5.69 Å². The molecule has 0 radical (unpaired) electrons. The van der Waals surface area contributed by atoms with E-state index in [9.17, 15) is 0 Å². The fourth-order valence-corrected chi connectivity index (χ4v) is 4.72.